The fourth-order valence-corrected chi connectivity index (χ4v) is 1.18. The van der Waals surface area contributed by atoms with E-state index in [1.807, 2.05) is 31.2 Å². The third kappa shape index (κ3) is 3.00. The van der Waals surface area contributed by atoms with Crippen LogP contribution in [0.2, 0.25) is 5.02 Å². The van der Waals surface area contributed by atoms with Gasteiger partial charge in [0.15, 0.2) is 0 Å². The van der Waals surface area contributed by atoms with E-state index in [0.717, 1.165) is 16.3 Å². The van der Waals surface area contributed by atoms with Crippen molar-refractivity contribution < 1.29 is 0 Å². The van der Waals surface area contributed by atoms with Crippen molar-refractivity contribution in [3.05, 3.63) is 34.9 Å². The Morgan fingerprint density at radius 1 is 1.36 bits per heavy atom. The molecule has 0 amide bonds. The second-order valence-corrected chi connectivity index (χ2v) is 3.64. The van der Waals surface area contributed by atoms with Crippen LogP contribution in [0, 0.1) is 0 Å². The number of rotatable bonds is 2. The molecule has 58 valence electrons. The number of hydrogen-bond donors (Lipinski definition) is 0. The Balaban J connectivity index is 2.74. The molecule has 0 aliphatic rings. The Morgan fingerprint density at radius 3 is 2.36 bits per heavy atom. The summed E-state index contributed by atoms with van der Waals surface area (Å²) in [6.45, 7) is 1.95. The first-order valence-corrected chi connectivity index (χ1v) is 4.21. The lowest BCUT2D eigenvalue weighted by atomic mass is 10.1. The summed E-state index contributed by atoms with van der Waals surface area (Å²) in [6, 6.07) is 7.76. The van der Waals surface area contributed by atoms with Crippen LogP contribution in [-0.4, -0.2) is 4.86 Å². The van der Waals surface area contributed by atoms with Crippen LogP contribution in [0.5, 0.6) is 0 Å². The van der Waals surface area contributed by atoms with Crippen molar-refractivity contribution in [1.29, 1.82) is 0 Å². The van der Waals surface area contributed by atoms with Gasteiger partial charge in [-0.2, -0.15) is 0 Å². The largest absolute Gasteiger partial charge is 0.0896 e. The van der Waals surface area contributed by atoms with Gasteiger partial charge in [-0.05, 0) is 29.5 Å². The van der Waals surface area contributed by atoms with Gasteiger partial charge < -0.3 is 0 Å². The summed E-state index contributed by atoms with van der Waals surface area (Å²) in [5, 5.41) is 0.774. The van der Waals surface area contributed by atoms with Gasteiger partial charge in [0.25, 0.3) is 0 Å². The van der Waals surface area contributed by atoms with E-state index in [9.17, 15) is 0 Å². The van der Waals surface area contributed by atoms with Crippen LogP contribution in [0.1, 0.15) is 12.5 Å². The number of halogens is 1. The lowest BCUT2D eigenvalue weighted by molar-refractivity contribution is 1.34. The van der Waals surface area contributed by atoms with E-state index >= 15 is 0 Å². The molecule has 1 rings (SSSR count). The van der Waals surface area contributed by atoms with E-state index in [2.05, 4.69) is 0 Å². The van der Waals surface area contributed by atoms with Crippen LogP contribution in [-0.2, 0) is 6.42 Å². The van der Waals surface area contributed by atoms with Gasteiger partial charge in [-0.25, -0.2) is 0 Å². The van der Waals surface area contributed by atoms with Gasteiger partial charge in [-0.1, -0.05) is 36.0 Å². The van der Waals surface area contributed by atoms with E-state index in [4.69, 9.17) is 23.8 Å². The quantitative estimate of drug-likeness (QED) is 0.636. The highest BCUT2D eigenvalue weighted by molar-refractivity contribution is 7.80. The molecule has 0 aromatic heterocycles. The molecule has 2 heteroatoms. The maximum absolute atomic E-state index is 5.72. The molecule has 0 atom stereocenters. The van der Waals surface area contributed by atoms with E-state index in [-0.39, 0.29) is 0 Å². The van der Waals surface area contributed by atoms with Crippen molar-refractivity contribution in [2.45, 2.75) is 13.3 Å². The molecule has 0 saturated heterocycles. The van der Waals surface area contributed by atoms with Crippen molar-refractivity contribution in [3.8, 4) is 0 Å². The highest BCUT2D eigenvalue weighted by atomic mass is 35.5. The molecule has 0 fully saturated rings. The summed E-state index contributed by atoms with van der Waals surface area (Å²) < 4.78 is 0. The second-order valence-electron chi connectivity index (χ2n) is 2.51. The van der Waals surface area contributed by atoms with E-state index in [0.29, 0.717) is 0 Å². The minimum absolute atomic E-state index is 0.774. The Bertz CT molecular complexity index is 251. The topological polar surface area (TPSA) is 0 Å². The molecule has 0 aliphatic heterocycles. The number of thiocarbonyl (C=S) groups is 1. The Labute approximate surface area is 77.2 Å². The number of benzene rings is 1. The average molecular weight is 185 g/mol. The molecule has 0 nitrogen and oxygen atoms in total. The molecule has 1 aromatic carbocycles. The summed E-state index contributed by atoms with van der Waals surface area (Å²) in [5.74, 6) is 0. The van der Waals surface area contributed by atoms with E-state index in [1.165, 1.54) is 5.56 Å². The zero-order chi connectivity index (χ0) is 8.27. The Morgan fingerprint density at radius 2 is 1.91 bits per heavy atom. The minimum atomic E-state index is 0.774. The van der Waals surface area contributed by atoms with Crippen LogP contribution in [0.4, 0.5) is 0 Å². The first-order valence-electron chi connectivity index (χ1n) is 3.42. The van der Waals surface area contributed by atoms with Crippen molar-refractivity contribution in [1.82, 2.24) is 0 Å². The minimum Gasteiger partial charge on any atom is -0.0896 e. The summed E-state index contributed by atoms with van der Waals surface area (Å²) in [6.07, 6.45) is 0.868. The Kier molecular flexibility index (Phi) is 3.03. The van der Waals surface area contributed by atoms with Gasteiger partial charge >= 0.3 is 0 Å². The SMILES string of the molecule is CC(=S)Cc1ccc(Cl)cc1. The highest BCUT2D eigenvalue weighted by Crippen LogP contribution is 2.10. The molecule has 0 aliphatic carbocycles. The van der Waals surface area contributed by atoms with Crippen molar-refractivity contribution >= 4 is 28.7 Å². The second kappa shape index (κ2) is 3.84. The molecule has 0 bridgehead atoms. The van der Waals surface area contributed by atoms with Gasteiger partial charge in [-0.15, -0.1) is 0 Å². The average Bonchev–Trinajstić information content (AvgIpc) is 1.93. The third-order valence-electron chi connectivity index (χ3n) is 1.37. The molecule has 1 aromatic rings. The molecule has 0 spiro atoms. The summed E-state index contributed by atoms with van der Waals surface area (Å²) >= 11 is 10.7. The van der Waals surface area contributed by atoms with Gasteiger partial charge in [0, 0.05) is 11.4 Å². The van der Waals surface area contributed by atoms with Gasteiger partial charge in [0.2, 0.25) is 0 Å². The van der Waals surface area contributed by atoms with Crippen LogP contribution in [0.15, 0.2) is 24.3 Å². The summed E-state index contributed by atoms with van der Waals surface area (Å²) in [5.41, 5.74) is 1.22. The van der Waals surface area contributed by atoms with Crippen molar-refractivity contribution in [2.75, 3.05) is 0 Å². The summed E-state index contributed by atoms with van der Waals surface area (Å²) in [4.78, 5) is 1.01. The standard InChI is InChI=1S/C9H9ClS/c1-7(11)6-8-2-4-9(10)5-3-8/h2-5H,6H2,1H3. The van der Waals surface area contributed by atoms with Crippen LogP contribution < -0.4 is 0 Å². The summed E-state index contributed by atoms with van der Waals surface area (Å²) in [7, 11) is 0. The Hall–Kier alpha value is -0.400. The molecule has 0 radical (unpaired) electrons. The smallest absolute Gasteiger partial charge is 0.0406 e. The molecule has 0 saturated carbocycles. The predicted molar refractivity (Wildman–Crippen MR) is 53.4 cm³/mol. The maximum Gasteiger partial charge on any atom is 0.0406 e. The fraction of sp³-hybridized carbons (Fsp3) is 0.222. The van der Waals surface area contributed by atoms with Crippen LogP contribution >= 0.6 is 23.8 Å². The predicted octanol–water partition coefficient (Wildman–Crippen LogP) is 3.27. The molecule has 11 heavy (non-hydrogen) atoms. The molecule has 0 unspecified atom stereocenters. The monoisotopic (exact) mass is 184 g/mol. The first kappa shape index (κ1) is 8.69. The van der Waals surface area contributed by atoms with E-state index in [1.54, 1.807) is 0 Å². The zero-order valence-corrected chi connectivity index (χ0v) is 7.88. The molecular formula is C9H9ClS. The third-order valence-corrected chi connectivity index (χ3v) is 1.76. The van der Waals surface area contributed by atoms with Crippen LogP contribution in [0.3, 0.4) is 0 Å². The van der Waals surface area contributed by atoms with Gasteiger partial charge in [0.1, 0.15) is 0 Å². The molecule has 0 N–H and O–H groups in total. The number of hydrogen-bond acceptors (Lipinski definition) is 1. The maximum atomic E-state index is 5.72. The molecule has 0 heterocycles. The van der Waals surface area contributed by atoms with Crippen molar-refractivity contribution in [2.24, 2.45) is 0 Å². The lowest BCUT2D eigenvalue weighted by Gasteiger charge is -1.97. The lowest BCUT2D eigenvalue weighted by Crippen LogP contribution is -1.92. The zero-order valence-electron chi connectivity index (χ0n) is 6.30. The fourth-order valence-electron chi connectivity index (χ4n) is 0.890. The van der Waals surface area contributed by atoms with Gasteiger partial charge in [-0.3, -0.25) is 0 Å². The highest BCUT2D eigenvalue weighted by Gasteiger charge is 1.93. The van der Waals surface area contributed by atoms with Crippen LogP contribution in [0.25, 0.3) is 0 Å². The molecular weight excluding hydrogens is 176 g/mol. The first-order chi connectivity index (χ1) is 5.18. The van der Waals surface area contributed by atoms with Crippen molar-refractivity contribution in [3.63, 3.8) is 0 Å². The van der Waals surface area contributed by atoms with Gasteiger partial charge in [0.05, 0.1) is 0 Å². The van der Waals surface area contributed by atoms with E-state index < -0.39 is 0 Å². The normalized spacial score (nSPS) is 9.64.